The van der Waals surface area contributed by atoms with Crippen molar-refractivity contribution in [3.05, 3.63) is 70.3 Å². The number of nitrogens with two attached hydrogens (primary N) is 1. The van der Waals surface area contributed by atoms with Gasteiger partial charge < -0.3 is 11.1 Å². The molecule has 0 atom stereocenters. The Labute approximate surface area is 173 Å². The highest BCUT2D eigenvalue weighted by atomic mass is 32.2. The number of carbonyl (C=O) groups is 2. The lowest BCUT2D eigenvalue weighted by atomic mass is 10.1. The Morgan fingerprint density at radius 2 is 1.67 bits per heavy atom. The third-order valence-electron chi connectivity index (χ3n) is 4.12. The van der Waals surface area contributed by atoms with Crippen LogP contribution in [0.4, 0.5) is 5.69 Å². The summed E-state index contributed by atoms with van der Waals surface area (Å²) in [5, 5.41) is 13.4. The van der Waals surface area contributed by atoms with Crippen LogP contribution < -0.4 is 11.1 Å². The second-order valence-corrected chi connectivity index (χ2v) is 8.24. The molecule has 0 aliphatic carbocycles. The summed E-state index contributed by atoms with van der Waals surface area (Å²) in [7, 11) is -4.27. The molecule has 0 aromatic heterocycles. The molecule has 30 heavy (non-hydrogen) atoms. The number of Topliss-reactive ketones (excluding diaryl/α,β-unsaturated/α-hetero) is 1. The highest BCUT2D eigenvalue weighted by molar-refractivity contribution is 7.89. The van der Waals surface area contributed by atoms with E-state index in [4.69, 9.17) is 5.73 Å². The van der Waals surface area contributed by atoms with Crippen molar-refractivity contribution in [3.8, 4) is 0 Å². The minimum atomic E-state index is -4.27. The molecule has 2 aromatic rings. The van der Waals surface area contributed by atoms with Gasteiger partial charge in [-0.05, 0) is 25.1 Å². The summed E-state index contributed by atoms with van der Waals surface area (Å²) in [5.74, 6) is -1.08. The first kappa shape index (κ1) is 23.1. The number of nitrogens with zero attached hydrogens (tertiary/aromatic N) is 2. The van der Waals surface area contributed by atoms with Gasteiger partial charge in [0.05, 0.1) is 22.9 Å². The predicted molar refractivity (Wildman–Crippen MR) is 109 cm³/mol. The van der Waals surface area contributed by atoms with Gasteiger partial charge in [-0.25, -0.2) is 8.42 Å². The quantitative estimate of drug-likeness (QED) is 0.231. The summed E-state index contributed by atoms with van der Waals surface area (Å²) >= 11 is 0. The molecule has 0 saturated heterocycles. The number of amides is 1. The fraction of sp³-hybridized carbons (Fsp3) is 0.263. The van der Waals surface area contributed by atoms with E-state index in [9.17, 15) is 28.1 Å². The van der Waals surface area contributed by atoms with Gasteiger partial charge in [0.25, 0.3) is 5.69 Å². The van der Waals surface area contributed by atoms with Crippen LogP contribution in [0.25, 0.3) is 0 Å². The molecule has 0 radical (unpaired) electrons. The van der Waals surface area contributed by atoms with Gasteiger partial charge in [-0.15, -0.1) is 0 Å². The third-order valence-corrected chi connectivity index (χ3v) is 5.93. The second kappa shape index (κ2) is 10.6. The van der Waals surface area contributed by atoms with E-state index in [-0.39, 0.29) is 17.1 Å². The average Bonchev–Trinajstić information content (AvgIpc) is 2.74. The monoisotopic (exact) mass is 434 g/mol. The zero-order valence-corrected chi connectivity index (χ0v) is 16.9. The summed E-state index contributed by atoms with van der Waals surface area (Å²) in [6.45, 7) is -0.513. The van der Waals surface area contributed by atoms with Crippen LogP contribution in [0.15, 0.2) is 59.5 Å². The number of benzene rings is 2. The number of non-ortho nitro benzene ring substituents is 1. The number of carbonyl (C=O) groups excluding carboxylic acids is 2. The van der Waals surface area contributed by atoms with E-state index >= 15 is 0 Å². The maximum atomic E-state index is 13.0. The van der Waals surface area contributed by atoms with Crippen molar-refractivity contribution in [2.24, 2.45) is 5.73 Å². The lowest BCUT2D eigenvalue weighted by molar-refractivity contribution is -0.384. The summed E-state index contributed by atoms with van der Waals surface area (Å²) in [5.41, 5.74) is 5.39. The number of hydrogen-bond acceptors (Lipinski definition) is 7. The Bertz CT molecular complexity index is 993. The van der Waals surface area contributed by atoms with E-state index in [0.29, 0.717) is 18.5 Å². The number of nitro groups is 1. The number of nitro benzene ring substituents is 1. The summed E-state index contributed by atoms with van der Waals surface area (Å²) < 4.78 is 26.9. The first-order valence-electron chi connectivity index (χ1n) is 9.05. The second-order valence-electron chi connectivity index (χ2n) is 6.31. The molecular formula is C19H22N4O6S. The largest absolute Gasteiger partial charge is 0.355 e. The third kappa shape index (κ3) is 6.17. The van der Waals surface area contributed by atoms with E-state index < -0.39 is 39.7 Å². The fourth-order valence-electron chi connectivity index (χ4n) is 2.54. The van der Waals surface area contributed by atoms with Crippen molar-refractivity contribution in [2.75, 3.05) is 26.2 Å². The van der Waals surface area contributed by atoms with Crippen LogP contribution in [0.2, 0.25) is 0 Å². The topological polar surface area (TPSA) is 153 Å². The number of nitrogens with one attached hydrogen (secondary N) is 1. The van der Waals surface area contributed by atoms with Crippen LogP contribution in [0.3, 0.4) is 0 Å². The van der Waals surface area contributed by atoms with Crippen LogP contribution >= 0.6 is 0 Å². The standard InChI is InChI=1S/C19H22N4O6S/c20-11-4-12-21-19(25)14-22(13-18(24)15-5-2-1-3-6-15)30(28,29)17-9-7-16(8-10-17)23(26)27/h1-3,5-10H,4,11-14,20H2,(H,21,25). The van der Waals surface area contributed by atoms with E-state index in [0.717, 1.165) is 28.6 Å². The molecule has 10 nitrogen and oxygen atoms in total. The molecule has 0 heterocycles. The molecule has 0 unspecified atom stereocenters. The minimum absolute atomic E-state index is 0.260. The van der Waals surface area contributed by atoms with Gasteiger partial charge in [-0.1, -0.05) is 30.3 Å². The summed E-state index contributed by atoms with van der Waals surface area (Å²) in [4.78, 5) is 34.7. The molecule has 0 fully saturated rings. The molecule has 1 amide bonds. The van der Waals surface area contributed by atoms with Crippen LogP contribution in [-0.2, 0) is 14.8 Å². The molecule has 3 N–H and O–H groups in total. The van der Waals surface area contributed by atoms with Crippen molar-refractivity contribution in [3.63, 3.8) is 0 Å². The Balaban J connectivity index is 2.29. The molecule has 0 saturated carbocycles. The molecule has 11 heteroatoms. The Kier molecular flexibility index (Phi) is 8.16. The molecule has 0 aliphatic rings. The van der Waals surface area contributed by atoms with Gasteiger partial charge in [0, 0.05) is 24.2 Å². The molecule has 0 aliphatic heterocycles. The number of ketones is 1. The lowest BCUT2D eigenvalue weighted by Gasteiger charge is -2.21. The summed E-state index contributed by atoms with van der Waals surface area (Å²) in [6.07, 6.45) is 0.518. The van der Waals surface area contributed by atoms with Gasteiger partial charge in [0.15, 0.2) is 5.78 Å². The average molecular weight is 434 g/mol. The number of hydrogen-bond donors (Lipinski definition) is 2. The number of rotatable bonds is 11. The molecule has 2 rings (SSSR count). The van der Waals surface area contributed by atoms with E-state index in [1.54, 1.807) is 30.3 Å². The highest BCUT2D eigenvalue weighted by Gasteiger charge is 2.29. The van der Waals surface area contributed by atoms with Gasteiger partial charge in [0.1, 0.15) is 0 Å². The molecule has 0 bridgehead atoms. The van der Waals surface area contributed by atoms with E-state index in [1.807, 2.05) is 0 Å². The van der Waals surface area contributed by atoms with Gasteiger partial charge >= 0.3 is 0 Å². The molecule has 0 spiro atoms. The van der Waals surface area contributed by atoms with E-state index in [2.05, 4.69) is 5.32 Å². The van der Waals surface area contributed by atoms with Crippen LogP contribution in [0.1, 0.15) is 16.8 Å². The first-order valence-corrected chi connectivity index (χ1v) is 10.5. The van der Waals surface area contributed by atoms with Gasteiger partial charge in [-0.3, -0.25) is 19.7 Å². The van der Waals surface area contributed by atoms with Crippen molar-refractivity contribution in [2.45, 2.75) is 11.3 Å². The maximum Gasteiger partial charge on any atom is 0.269 e. The molecule has 160 valence electrons. The Hall–Kier alpha value is -3.15. The van der Waals surface area contributed by atoms with Crippen molar-refractivity contribution < 1.29 is 22.9 Å². The van der Waals surface area contributed by atoms with Crippen molar-refractivity contribution in [1.29, 1.82) is 0 Å². The smallest absolute Gasteiger partial charge is 0.269 e. The van der Waals surface area contributed by atoms with Gasteiger partial charge in [0.2, 0.25) is 15.9 Å². The Morgan fingerprint density at radius 3 is 2.23 bits per heavy atom. The van der Waals surface area contributed by atoms with Crippen LogP contribution in [-0.4, -0.2) is 55.5 Å². The lowest BCUT2D eigenvalue weighted by Crippen LogP contribution is -2.43. The number of sulfonamides is 1. The highest BCUT2D eigenvalue weighted by Crippen LogP contribution is 2.20. The SMILES string of the molecule is NCCCNC(=O)CN(CC(=O)c1ccccc1)S(=O)(=O)c1ccc([N+](=O)[O-])cc1. The molecule has 2 aromatic carbocycles. The zero-order valence-electron chi connectivity index (χ0n) is 16.1. The fourth-order valence-corrected chi connectivity index (χ4v) is 3.89. The zero-order chi connectivity index (χ0) is 22.1. The first-order chi connectivity index (χ1) is 14.3. The molecular weight excluding hydrogens is 412 g/mol. The summed E-state index contributed by atoms with van der Waals surface area (Å²) in [6, 6.07) is 12.3. The minimum Gasteiger partial charge on any atom is -0.355 e. The maximum absolute atomic E-state index is 13.0. The van der Waals surface area contributed by atoms with Crippen molar-refractivity contribution in [1.82, 2.24) is 9.62 Å². The van der Waals surface area contributed by atoms with Crippen molar-refractivity contribution >= 4 is 27.4 Å². The Morgan fingerprint density at radius 1 is 1.03 bits per heavy atom. The van der Waals surface area contributed by atoms with Crippen LogP contribution in [0.5, 0.6) is 0 Å². The normalized spacial score (nSPS) is 11.3. The van der Waals surface area contributed by atoms with Crippen LogP contribution in [0, 0.1) is 10.1 Å². The van der Waals surface area contributed by atoms with Gasteiger partial charge in [-0.2, -0.15) is 4.31 Å². The van der Waals surface area contributed by atoms with E-state index in [1.165, 1.54) is 0 Å². The predicted octanol–water partition coefficient (Wildman–Crippen LogP) is 0.933.